The van der Waals surface area contributed by atoms with Gasteiger partial charge in [-0.15, -0.1) is 5.10 Å². The van der Waals surface area contributed by atoms with Gasteiger partial charge in [0.2, 0.25) is 5.16 Å². The van der Waals surface area contributed by atoms with Crippen LogP contribution >= 0.6 is 11.8 Å². The Balaban J connectivity index is 2.51. The number of hydrogen-bond acceptors (Lipinski definition) is 4. The van der Waals surface area contributed by atoms with Crippen LogP contribution in [0.15, 0.2) is 11.5 Å². The van der Waals surface area contributed by atoms with E-state index in [0.717, 1.165) is 18.7 Å². The van der Waals surface area contributed by atoms with E-state index in [1.54, 1.807) is 11.8 Å². The molecule has 108 valence electrons. The first kappa shape index (κ1) is 16.0. The molecule has 0 spiro atoms. The Labute approximate surface area is 119 Å². The standard InChI is InChI=1S/C13H24N4OS/c1-4-7-8-9-10-16(5-2)13(18)17-11-14-12(15-17)19-6-3/h11H,4-10H2,1-3H3. The van der Waals surface area contributed by atoms with Crippen molar-refractivity contribution in [3.05, 3.63) is 6.33 Å². The lowest BCUT2D eigenvalue weighted by molar-refractivity contribution is 0.197. The van der Waals surface area contributed by atoms with Crippen LogP contribution in [0, 0.1) is 0 Å². The molecule has 0 aliphatic carbocycles. The van der Waals surface area contributed by atoms with E-state index in [-0.39, 0.29) is 6.03 Å². The van der Waals surface area contributed by atoms with Gasteiger partial charge in [0.15, 0.2) is 0 Å². The maximum Gasteiger partial charge on any atom is 0.346 e. The fourth-order valence-corrected chi connectivity index (χ4v) is 2.32. The number of amides is 1. The lowest BCUT2D eigenvalue weighted by Gasteiger charge is -2.19. The number of unbranched alkanes of at least 4 members (excludes halogenated alkanes) is 3. The molecule has 6 heteroatoms. The number of thioether (sulfide) groups is 1. The van der Waals surface area contributed by atoms with Gasteiger partial charge in [-0.1, -0.05) is 44.9 Å². The van der Waals surface area contributed by atoms with Crippen molar-refractivity contribution < 1.29 is 4.79 Å². The number of carbonyl (C=O) groups excluding carboxylic acids is 1. The number of aromatic nitrogens is 3. The van der Waals surface area contributed by atoms with Crippen LogP contribution in [-0.4, -0.2) is 44.5 Å². The molecule has 0 aliphatic heterocycles. The molecule has 19 heavy (non-hydrogen) atoms. The maximum atomic E-state index is 12.2. The fourth-order valence-electron chi connectivity index (χ4n) is 1.80. The molecule has 0 atom stereocenters. The lowest BCUT2D eigenvalue weighted by Crippen LogP contribution is -2.35. The van der Waals surface area contributed by atoms with Crippen molar-refractivity contribution in [1.82, 2.24) is 19.7 Å². The molecule has 0 aromatic carbocycles. The van der Waals surface area contributed by atoms with Gasteiger partial charge in [0.05, 0.1) is 0 Å². The average molecular weight is 284 g/mol. The summed E-state index contributed by atoms with van der Waals surface area (Å²) >= 11 is 1.54. The minimum absolute atomic E-state index is 0.0746. The zero-order valence-corrected chi connectivity index (χ0v) is 12.9. The second kappa shape index (κ2) is 8.96. The monoisotopic (exact) mass is 284 g/mol. The first-order chi connectivity index (χ1) is 9.22. The Morgan fingerprint density at radius 3 is 2.74 bits per heavy atom. The van der Waals surface area contributed by atoms with Gasteiger partial charge in [0.1, 0.15) is 6.33 Å². The molecule has 0 fully saturated rings. The van der Waals surface area contributed by atoms with E-state index in [2.05, 4.69) is 17.0 Å². The van der Waals surface area contributed by atoms with E-state index < -0.39 is 0 Å². The third kappa shape index (κ3) is 5.22. The van der Waals surface area contributed by atoms with Crippen LogP contribution in [0.4, 0.5) is 4.79 Å². The van der Waals surface area contributed by atoms with Gasteiger partial charge in [-0.25, -0.2) is 9.78 Å². The maximum absolute atomic E-state index is 12.2. The molecule has 5 nitrogen and oxygen atoms in total. The van der Waals surface area contributed by atoms with E-state index in [1.807, 2.05) is 18.7 Å². The second-order valence-corrected chi connectivity index (χ2v) is 5.56. The summed E-state index contributed by atoms with van der Waals surface area (Å²) in [5.74, 6) is 0.909. The van der Waals surface area contributed by atoms with Crippen molar-refractivity contribution in [2.75, 3.05) is 18.8 Å². The highest BCUT2D eigenvalue weighted by molar-refractivity contribution is 7.99. The SMILES string of the molecule is CCCCCCN(CC)C(=O)n1cnc(SCC)n1. The molecular weight excluding hydrogens is 260 g/mol. The Bertz CT molecular complexity index is 380. The highest BCUT2D eigenvalue weighted by Crippen LogP contribution is 2.11. The zero-order chi connectivity index (χ0) is 14.1. The number of nitrogens with zero attached hydrogens (tertiary/aromatic N) is 4. The van der Waals surface area contributed by atoms with Gasteiger partial charge in [0, 0.05) is 13.1 Å². The number of rotatable bonds is 8. The van der Waals surface area contributed by atoms with Crippen molar-refractivity contribution >= 4 is 17.8 Å². The average Bonchev–Trinajstić information content (AvgIpc) is 2.87. The summed E-state index contributed by atoms with van der Waals surface area (Å²) < 4.78 is 1.35. The van der Waals surface area contributed by atoms with Crippen LogP contribution in [0.1, 0.15) is 46.5 Å². The van der Waals surface area contributed by atoms with Gasteiger partial charge < -0.3 is 4.90 Å². The summed E-state index contributed by atoms with van der Waals surface area (Å²) in [6.45, 7) is 7.73. The van der Waals surface area contributed by atoms with Crippen molar-refractivity contribution in [3.63, 3.8) is 0 Å². The van der Waals surface area contributed by atoms with E-state index in [0.29, 0.717) is 11.7 Å². The fraction of sp³-hybridized carbons (Fsp3) is 0.769. The van der Waals surface area contributed by atoms with Gasteiger partial charge in [-0.3, -0.25) is 0 Å². The molecule has 1 rings (SSSR count). The second-order valence-electron chi connectivity index (χ2n) is 4.33. The summed E-state index contributed by atoms with van der Waals surface area (Å²) in [5, 5.41) is 4.86. The largest absolute Gasteiger partial charge is 0.346 e. The van der Waals surface area contributed by atoms with E-state index in [4.69, 9.17) is 0 Å². The summed E-state index contributed by atoms with van der Waals surface area (Å²) in [6.07, 6.45) is 6.18. The molecule has 0 N–H and O–H groups in total. The molecule has 1 aromatic rings. The first-order valence-electron chi connectivity index (χ1n) is 7.06. The molecule has 0 saturated heterocycles. The van der Waals surface area contributed by atoms with Crippen LogP contribution < -0.4 is 0 Å². The third-order valence-electron chi connectivity index (χ3n) is 2.87. The molecule has 0 bridgehead atoms. The topological polar surface area (TPSA) is 51.0 Å². The molecule has 0 saturated carbocycles. The van der Waals surface area contributed by atoms with Crippen LogP contribution in [0.5, 0.6) is 0 Å². The Hall–Kier alpha value is -1.04. The molecule has 1 amide bonds. The van der Waals surface area contributed by atoms with Crippen molar-refractivity contribution in [3.8, 4) is 0 Å². The van der Waals surface area contributed by atoms with E-state index in [1.165, 1.54) is 30.3 Å². The van der Waals surface area contributed by atoms with Gasteiger partial charge in [0.25, 0.3) is 0 Å². The summed E-state index contributed by atoms with van der Waals surface area (Å²) in [4.78, 5) is 18.2. The zero-order valence-electron chi connectivity index (χ0n) is 12.1. The van der Waals surface area contributed by atoms with Gasteiger partial charge in [-0.2, -0.15) is 4.68 Å². The van der Waals surface area contributed by atoms with Crippen molar-refractivity contribution in [1.29, 1.82) is 0 Å². The van der Waals surface area contributed by atoms with E-state index in [9.17, 15) is 4.79 Å². The summed E-state index contributed by atoms with van der Waals surface area (Å²) in [7, 11) is 0. The highest BCUT2D eigenvalue weighted by Gasteiger charge is 2.15. The van der Waals surface area contributed by atoms with Crippen LogP contribution in [0.3, 0.4) is 0 Å². The molecule has 0 aliphatic rings. The number of carbonyl (C=O) groups is 1. The first-order valence-corrected chi connectivity index (χ1v) is 8.05. The van der Waals surface area contributed by atoms with Gasteiger partial charge >= 0.3 is 6.03 Å². The molecular formula is C13H24N4OS. The minimum Gasteiger partial charge on any atom is -0.323 e. The van der Waals surface area contributed by atoms with Crippen molar-refractivity contribution in [2.45, 2.75) is 51.6 Å². The minimum atomic E-state index is -0.0746. The summed E-state index contributed by atoms with van der Waals surface area (Å²) in [6, 6.07) is -0.0746. The smallest absolute Gasteiger partial charge is 0.323 e. The van der Waals surface area contributed by atoms with Gasteiger partial charge in [-0.05, 0) is 19.1 Å². The summed E-state index contributed by atoms with van der Waals surface area (Å²) in [5.41, 5.74) is 0. The molecule has 0 unspecified atom stereocenters. The van der Waals surface area contributed by atoms with Crippen LogP contribution in [0.25, 0.3) is 0 Å². The molecule has 0 radical (unpaired) electrons. The lowest BCUT2D eigenvalue weighted by atomic mass is 10.2. The normalized spacial score (nSPS) is 10.7. The van der Waals surface area contributed by atoms with Crippen molar-refractivity contribution in [2.24, 2.45) is 0 Å². The van der Waals surface area contributed by atoms with Crippen LogP contribution in [-0.2, 0) is 0 Å². The third-order valence-corrected chi connectivity index (χ3v) is 3.61. The Morgan fingerprint density at radius 2 is 2.11 bits per heavy atom. The quantitative estimate of drug-likeness (QED) is 0.543. The van der Waals surface area contributed by atoms with Crippen LogP contribution in [0.2, 0.25) is 0 Å². The Morgan fingerprint density at radius 1 is 1.32 bits per heavy atom. The molecule has 1 heterocycles. The predicted molar refractivity (Wildman–Crippen MR) is 78.6 cm³/mol. The van der Waals surface area contributed by atoms with E-state index >= 15 is 0 Å². The molecule has 1 aromatic heterocycles. The Kier molecular flexibility index (Phi) is 7.55. The predicted octanol–water partition coefficient (Wildman–Crippen LogP) is 3.26. The highest BCUT2D eigenvalue weighted by atomic mass is 32.2. The number of hydrogen-bond donors (Lipinski definition) is 0.